The van der Waals surface area contributed by atoms with Gasteiger partial charge in [-0.2, -0.15) is 0 Å². The van der Waals surface area contributed by atoms with E-state index in [1.54, 1.807) is 0 Å². The van der Waals surface area contributed by atoms with Crippen LogP contribution in [-0.4, -0.2) is 19.0 Å². The molecule has 2 rings (SSSR count). The Bertz CT molecular complexity index is 629. The quantitative estimate of drug-likeness (QED) is 0.695. The topological polar surface area (TPSA) is 64.3 Å². The Labute approximate surface area is 144 Å². The van der Waals surface area contributed by atoms with Crippen molar-refractivity contribution in [2.45, 2.75) is 32.3 Å². The Kier molecular flexibility index (Phi) is 7.30. The second-order valence-corrected chi connectivity index (χ2v) is 5.66. The molecule has 1 unspecified atom stereocenters. The van der Waals surface area contributed by atoms with Crippen LogP contribution in [0.1, 0.15) is 37.0 Å². The lowest BCUT2D eigenvalue weighted by Crippen LogP contribution is -2.33. The van der Waals surface area contributed by atoms with Gasteiger partial charge >= 0.3 is 0 Å². The minimum Gasteiger partial charge on any atom is -0.476 e. The maximum absolute atomic E-state index is 12.6. The molecule has 0 bridgehead atoms. The lowest BCUT2D eigenvalue weighted by Gasteiger charge is -2.20. The van der Waals surface area contributed by atoms with Crippen molar-refractivity contribution in [3.8, 4) is 5.75 Å². The number of nitrogens with one attached hydrogen (secondary N) is 1. The number of rotatable bonds is 9. The minimum atomic E-state index is -0.656. The van der Waals surface area contributed by atoms with Crippen LogP contribution in [0.15, 0.2) is 54.6 Å². The molecule has 0 heterocycles. The van der Waals surface area contributed by atoms with E-state index in [0.717, 1.165) is 36.1 Å². The molecule has 0 aliphatic carbocycles. The molecule has 2 aromatic rings. The van der Waals surface area contributed by atoms with Gasteiger partial charge in [0, 0.05) is 12.1 Å². The number of carbonyl (C=O) groups is 1. The number of para-hydroxylation sites is 1. The van der Waals surface area contributed by atoms with E-state index in [9.17, 15) is 4.79 Å². The first kappa shape index (κ1) is 18.0. The van der Waals surface area contributed by atoms with Gasteiger partial charge in [-0.25, -0.2) is 0 Å². The molecule has 0 aromatic heterocycles. The van der Waals surface area contributed by atoms with Crippen LogP contribution in [0, 0.1) is 0 Å². The summed E-state index contributed by atoms with van der Waals surface area (Å²) in [6, 6.07) is 17.4. The largest absolute Gasteiger partial charge is 0.476 e. The molecule has 1 atom stereocenters. The van der Waals surface area contributed by atoms with E-state index in [-0.39, 0.29) is 5.91 Å². The summed E-state index contributed by atoms with van der Waals surface area (Å²) in [6.07, 6.45) is 1.97. The maximum atomic E-state index is 12.6. The molecular weight excluding hydrogens is 300 g/mol. The molecular formula is C20H26N2O2. The van der Waals surface area contributed by atoms with Crippen LogP contribution in [0.5, 0.6) is 5.75 Å². The van der Waals surface area contributed by atoms with Gasteiger partial charge in [-0.1, -0.05) is 55.5 Å². The van der Waals surface area contributed by atoms with Crippen molar-refractivity contribution in [2.24, 2.45) is 5.73 Å². The second kappa shape index (κ2) is 9.73. The number of nitrogens with two attached hydrogens (primary N) is 1. The van der Waals surface area contributed by atoms with E-state index < -0.39 is 6.10 Å². The summed E-state index contributed by atoms with van der Waals surface area (Å²) in [5.41, 5.74) is 7.43. The smallest absolute Gasteiger partial charge is 0.265 e. The van der Waals surface area contributed by atoms with E-state index in [0.29, 0.717) is 13.1 Å². The zero-order chi connectivity index (χ0) is 17.2. The third-order valence-corrected chi connectivity index (χ3v) is 3.87. The van der Waals surface area contributed by atoms with Gasteiger partial charge in [-0.15, -0.1) is 0 Å². The predicted molar refractivity (Wildman–Crippen MR) is 96.9 cm³/mol. The van der Waals surface area contributed by atoms with E-state index in [4.69, 9.17) is 10.5 Å². The van der Waals surface area contributed by atoms with Crippen molar-refractivity contribution in [3.05, 3.63) is 65.7 Å². The standard InChI is InChI=1S/C20H26N2O2/c1-2-16-10-6-7-13-18(16)24-19(17-11-4-3-5-12-17)20(23)22-15-9-8-14-21/h3-7,10-13,19H,2,8-9,14-15,21H2,1H3,(H,22,23). The van der Waals surface area contributed by atoms with Crippen molar-refractivity contribution in [1.82, 2.24) is 5.32 Å². The molecule has 0 radical (unpaired) electrons. The molecule has 3 N–H and O–H groups in total. The van der Waals surface area contributed by atoms with E-state index in [2.05, 4.69) is 12.2 Å². The molecule has 0 saturated carbocycles. The fourth-order valence-electron chi connectivity index (χ4n) is 2.51. The predicted octanol–water partition coefficient (Wildman–Crippen LogP) is 3.22. The highest BCUT2D eigenvalue weighted by Crippen LogP contribution is 2.26. The number of carbonyl (C=O) groups excluding carboxylic acids is 1. The minimum absolute atomic E-state index is 0.121. The fraction of sp³-hybridized carbons (Fsp3) is 0.350. The normalized spacial score (nSPS) is 11.8. The molecule has 4 heteroatoms. The van der Waals surface area contributed by atoms with Crippen LogP contribution < -0.4 is 15.8 Å². The highest BCUT2D eigenvalue weighted by Gasteiger charge is 2.23. The third-order valence-electron chi connectivity index (χ3n) is 3.87. The number of aryl methyl sites for hydroxylation is 1. The second-order valence-electron chi connectivity index (χ2n) is 5.66. The third kappa shape index (κ3) is 5.10. The van der Waals surface area contributed by atoms with Gasteiger partial charge in [0.05, 0.1) is 0 Å². The number of unbranched alkanes of at least 4 members (excludes halogenated alkanes) is 1. The SMILES string of the molecule is CCc1ccccc1OC(C(=O)NCCCCN)c1ccccc1. The van der Waals surface area contributed by atoms with Gasteiger partial charge in [0.2, 0.25) is 6.10 Å². The van der Waals surface area contributed by atoms with Crippen LogP contribution >= 0.6 is 0 Å². The zero-order valence-electron chi connectivity index (χ0n) is 14.2. The summed E-state index contributed by atoms with van der Waals surface area (Å²) >= 11 is 0. The Balaban J connectivity index is 2.15. The average molecular weight is 326 g/mol. The number of ether oxygens (including phenoxy) is 1. The summed E-state index contributed by atoms with van der Waals surface area (Å²) in [4.78, 5) is 12.6. The van der Waals surface area contributed by atoms with Gasteiger partial charge in [-0.3, -0.25) is 4.79 Å². The highest BCUT2D eigenvalue weighted by atomic mass is 16.5. The molecule has 4 nitrogen and oxygen atoms in total. The van der Waals surface area contributed by atoms with Gasteiger partial charge in [0.15, 0.2) is 0 Å². The first-order valence-electron chi connectivity index (χ1n) is 8.53. The lowest BCUT2D eigenvalue weighted by atomic mass is 10.1. The van der Waals surface area contributed by atoms with Crippen LogP contribution in [0.3, 0.4) is 0 Å². The maximum Gasteiger partial charge on any atom is 0.265 e. The Morgan fingerprint density at radius 3 is 2.50 bits per heavy atom. The Hall–Kier alpha value is -2.33. The van der Waals surface area contributed by atoms with Crippen molar-refractivity contribution < 1.29 is 9.53 Å². The van der Waals surface area contributed by atoms with Gasteiger partial charge in [-0.05, 0) is 37.4 Å². The number of hydrogen-bond acceptors (Lipinski definition) is 3. The lowest BCUT2D eigenvalue weighted by molar-refractivity contribution is -0.128. The Morgan fingerprint density at radius 1 is 1.08 bits per heavy atom. The summed E-state index contributed by atoms with van der Waals surface area (Å²) in [6.45, 7) is 3.32. The summed E-state index contributed by atoms with van der Waals surface area (Å²) in [7, 11) is 0. The first-order valence-corrected chi connectivity index (χ1v) is 8.53. The molecule has 24 heavy (non-hydrogen) atoms. The molecule has 0 aliphatic heterocycles. The fourth-order valence-corrected chi connectivity index (χ4v) is 2.51. The molecule has 0 spiro atoms. The Morgan fingerprint density at radius 2 is 1.79 bits per heavy atom. The molecule has 0 fully saturated rings. The van der Waals surface area contributed by atoms with E-state index in [1.165, 1.54) is 0 Å². The molecule has 0 aliphatic rings. The van der Waals surface area contributed by atoms with Gasteiger partial charge in [0.1, 0.15) is 5.75 Å². The van der Waals surface area contributed by atoms with Crippen LogP contribution in [-0.2, 0) is 11.2 Å². The van der Waals surface area contributed by atoms with Crippen molar-refractivity contribution in [2.75, 3.05) is 13.1 Å². The van der Waals surface area contributed by atoms with E-state index in [1.807, 2.05) is 54.6 Å². The number of hydrogen-bond donors (Lipinski definition) is 2. The zero-order valence-corrected chi connectivity index (χ0v) is 14.2. The van der Waals surface area contributed by atoms with Crippen molar-refractivity contribution in [3.63, 3.8) is 0 Å². The van der Waals surface area contributed by atoms with Crippen LogP contribution in [0.2, 0.25) is 0 Å². The van der Waals surface area contributed by atoms with Crippen molar-refractivity contribution in [1.29, 1.82) is 0 Å². The summed E-state index contributed by atoms with van der Waals surface area (Å²) in [5, 5.41) is 2.95. The van der Waals surface area contributed by atoms with Gasteiger partial charge < -0.3 is 15.8 Å². The first-order chi connectivity index (χ1) is 11.8. The molecule has 2 aromatic carbocycles. The molecule has 1 amide bonds. The monoisotopic (exact) mass is 326 g/mol. The van der Waals surface area contributed by atoms with E-state index >= 15 is 0 Å². The highest BCUT2D eigenvalue weighted by molar-refractivity contribution is 5.82. The van der Waals surface area contributed by atoms with Gasteiger partial charge in [0.25, 0.3) is 5.91 Å². The average Bonchev–Trinajstić information content (AvgIpc) is 2.64. The van der Waals surface area contributed by atoms with Crippen LogP contribution in [0.25, 0.3) is 0 Å². The van der Waals surface area contributed by atoms with Crippen molar-refractivity contribution >= 4 is 5.91 Å². The summed E-state index contributed by atoms with van der Waals surface area (Å²) < 4.78 is 6.10. The number of benzene rings is 2. The summed E-state index contributed by atoms with van der Waals surface area (Å²) in [5.74, 6) is 0.634. The van der Waals surface area contributed by atoms with Crippen LogP contribution in [0.4, 0.5) is 0 Å². The molecule has 128 valence electrons. The molecule has 0 saturated heterocycles. The number of amides is 1.